The van der Waals surface area contributed by atoms with Crippen molar-refractivity contribution in [2.45, 2.75) is 0 Å². The summed E-state index contributed by atoms with van der Waals surface area (Å²) in [5, 5.41) is 4.61. The number of amides is 1. The van der Waals surface area contributed by atoms with E-state index in [1.165, 1.54) is 6.33 Å². The molecule has 0 saturated carbocycles. The highest BCUT2D eigenvalue weighted by Gasteiger charge is 2.12. The van der Waals surface area contributed by atoms with Gasteiger partial charge < -0.3 is 9.64 Å². The van der Waals surface area contributed by atoms with E-state index in [1.807, 2.05) is 24.3 Å². The zero-order valence-corrected chi connectivity index (χ0v) is 14.4. The summed E-state index contributed by atoms with van der Waals surface area (Å²) in [4.78, 5) is 18.0. The van der Waals surface area contributed by atoms with Gasteiger partial charge in [0.15, 0.2) is 0 Å². The van der Waals surface area contributed by atoms with Crippen molar-refractivity contribution in [2.75, 3.05) is 20.2 Å². The number of halogens is 1. The van der Waals surface area contributed by atoms with Gasteiger partial charge in [-0.15, -0.1) is 0 Å². The van der Waals surface area contributed by atoms with Crippen LogP contribution < -0.4 is 4.74 Å². The molecule has 0 atom stereocenters. The summed E-state index contributed by atoms with van der Waals surface area (Å²) in [6.07, 6.45) is 3.07. The van der Waals surface area contributed by atoms with Gasteiger partial charge in [-0.05, 0) is 36.4 Å². The van der Waals surface area contributed by atoms with Crippen LogP contribution in [0.5, 0.6) is 5.75 Å². The summed E-state index contributed by atoms with van der Waals surface area (Å²) in [5.74, 6) is 0.537. The predicted octanol–water partition coefficient (Wildman–Crippen LogP) is 3.07. The molecule has 7 heteroatoms. The lowest BCUT2D eigenvalue weighted by Gasteiger charge is -2.18. The quantitative estimate of drug-likeness (QED) is 0.681. The van der Waals surface area contributed by atoms with E-state index in [0.717, 1.165) is 5.69 Å². The van der Waals surface area contributed by atoms with Crippen LogP contribution in [-0.4, -0.2) is 45.8 Å². The number of hydrogen-bond donors (Lipinski definition) is 0. The molecule has 0 radical (unpaired) electrons. The second kappa shape index (κ2) is 7.81. The first-order valence-electron chi connectivity index (χ1n) is 7.73. The maximum absolute atomic E-state index is 12.5. The number of benzene rings is 2. The van der Waals surface area contributed by atoms with Gasteiger partial charge >= 0.3 is 0 Å². The lowest BCUT2D eigenvalue weighted by Crippen LogP contribution is -2.30. The van der Waals surface area contributed by atoms with Crippen molar-refractivity contribution in [3.8, 4) is 11.4 Å². The fourth-order valence-corrected chi connectivity index (χ4v) is 2.46. The molecule has 25 heavy (non-hydrogen) atoms. The summed E-state index contributed by atoms with van der Waals surface area (Å²) in [6, 6.07) is 14.5. The third kappa shape index (κ3) is 4.16. The van der Waals surface area contributed by atoms with Gasteiger partial charge in [0.2, 0.25) is 0 Å². The van der Waals surface area contributed by atoms with Gasteiger partial charge in [0.05, 0.1) is 17.3 Å². The standard InChI is InChI=1S/C18H17ClN4O2/c1-22(10-11-25-17-5-3-2-4-16(17)19)18(24)14-6-8-15(9-7-14)23-13-20-12-21-23/h2-9,12-13H,10-11H2,1H3. The first-order chi connectivity index (χ1) is 12.1. The third-order valence-corrected chi connectivity index (χ3v) is 3.98. The van der Waals surface area contributed by atoms with Crippen molar-refractivity contribution in [1.82, 2.24) is 19.7 Å². The number of carbonyl (C=O) groups excluding carboxylic acids is 1. The highest BCUT2D eigenvalue weighted by molar-refractivity contribution is 6.32. The van der Waals surface area contributed by atoms with Crippen LogP contribution in [0.25, 0.3) is 5.69 Å². The highest BCUT2D eigenvalue weighted by atomic mass is 35.5. The van der Waals surface area contributed by atoms with E-state index in [9.17, 15) is 4.79 Å². The molecule has 128 valence electrons. The number of nitrogens with zero attached hydrogens (tertiary/aromatic N) is 4. The molecular formula is C18H17ClN4O2. The van der Waals surface area contributed by atoms with Crippen LogP contribution in [0.15, 0.2) is 61.2 Å². The predicted molar refractivity (Wildman–Crippen MR) is 95.3 cm³/mol. The highest BCUT2D eigenvalue weighted by Crippen LogP contribution is 2.22. The monoisotopic (exact) mass is 356 g/mol. The van der Waals surface area contributed by atoms with E-state index in [2.05, 4.69) is 10.1 Å². The molecule has 0 bridgehead atoms. The number of ether oxygens (including phenoxy) is 1. The normalized spacial score (nSPS) is 10.5. The summed E-state index contributed by atoms with van der Waals surface area (Å²) in [5.41, 5.74) is 1.45. The zero-order valence-electron chi connectivity index (χ0n) is 13.7. The van der Waals surface area contributed by atoms with Crippen molar-refractivity contribution >= 4 is 17.5 Å². The Morgan fingerprint density at radius 1 is 1.20 bits per heavy atom. The van der Waals surface area contributed by atoms with Crippen LogP contribution in [0.4, 0.5) is 0 Å². The number of aromatic nitrogens is 3. The van der Waals surface area contributed by atoms with E-state index >= 15 is 0 Å². The van der Waals surface area contributed by atoms with E-state index in [4.69, 9.17) is 16.3 Å². The Bertz CT molecular complexity index is 835. The van der Waals surface area contributed by atoms with Gasteiger partial charge in [0.1, 0.15) is 25.0 Å². The van der Waals surface area contributed by atoms with E-state index in [1.54, 1.807) is 47.2 Å². The maximum atomic E-state index is 12.5. The number of para-hydroxylation sites is 1. The molecule has 2 aromatic carbocycles. The molecule has 1 heterocycles. The van der Waals surface area contributed by atoms with Crippen LogP contribution in [0.3, 0.4) is 0 Å². The lowest BCUT2D eigenvalue weighted by molar-refractivity contribution is 0.0774. The average molecular weight is 357 g/mol. The molecular weight excluding hydrogens is 340 g/mol. The van der Waals surface area contributed by atoms with Crippen LogP contribution in [0, 0.1) is 0 Å². The molecule has 1 amide bonds. The first-order valence-corrected chi connectivity index (χ1v) is 8.11. The van der Waals surface area contributed by atoms with Crippen molar-refractivity contribution in [3.63, 3.8) is 0 Å². The van der Waals surface area contributed by atoms with Crippen LogP contribution >= 0.6 is 11.6 Å². The Kier molecular flexibility index (Phi) is 5.30. The van der Waals surface area contributed by atoms with Gasteiger partial charge in [0, 0.05) is 12.6 Å². The fraction of sp³-hybridized carbons (Fsp3) is 0.167. The van der Waals surface area contributed by atoms with Crippen LogP contribution in [0.2, 0.25) is 5.02 Å². The molecule has 0 aliphatic carbocycles. The van der Waals surface area contributed by atoms with Gasteiger partial charge in [-0.25, -0.2) is 9.67 Å². The largest absolute Gasteiger partial charge is 0.490 e. The smallest absolute Gasteiger partial charge is 0.253 e. The van der Waals surface area contributed by atoms with Crippen LogP contribution in [0.1, 0.15) is 10.4 Å². The Morgan fingerprint density at radius 3 is 2.64 bits per heavy atom. The SMILES string of the molecule is CN(CCOc1ccccc1Cl)C(=O)c1ccc(-n2cncn2)cc1. The molecule has 0 unspecified atom stereocenters. The number of rotatable bonds is 6. The van der Waals surface area contributed by atoms with Gasteiger partial charge in [0.25, 0.3) is 5.91 Å². The first kappa shape index (κ1) is 17.0. The summed E-state index contributed by atoms with van der Waals surface area (Å²) < 4.78 is 7.25. The topological polar surface area (TPSA) is 60.2 Å². The fourth-order valence-electron chi connectivity index (χ4n) is 2.27. The van der Waals surface area contributed by atoms with Gasteiger partial charge in [-0.3, -0.25) is 4.79 Å². The summed E-state index contributed by atoms with van der Waals surface area (Å²) >= 11 is 6.04. The van der Waals surface area contributed by atoms with Crippen molar-refractivity contribution in [1.29, 1.82) is 0 Å². The van der Waals surface area contributed by atoms with Crippen molar-refractivity contribution < 1.29 is 9.53 Å². The van der Waals surface area contributed by atoms with Crippen molar-refractivity contribution in [3.05, 3.63) is 71.8 Å². The third-order valence-electron chi connectivity index (χ3n) is 3.67. The Morgan fingerprint density at radius 2 is 1.96 bits per heavy atom. The minimum atomic E-state index is -0.0760. The molecule has 6 nitrogen and oxygen atoms in total. The minimum absolute atomic E-state index is 0.0760. The molecule has 0 N–H and O–H groups in total. The number of hydrogen-bond acceptors (Lipinski definition) is 4. The minimum Gasteiger partial charge on any atom is -0.490 e. The molecule has 0 aliphatic heterocycles. The summed E-state index contributed by atoms with van der Waals surface area (Å²) in [7, 11) is 1.74. The molecule has 1 aromatic heterocycles. The van der Waals surface area contributed by atoms with Crippen molar-refractivity contribution in [2.24, 2.45) is 0 Å². The zero-order chi connectivity index (χ0) is 17.6. The molecule has 3 aromatic rings. The Labute approximate surface area is 150 Å². The molecule has 3 rings (SSSR count). The molecule has 0 aliphatic rings. The molecule has 0 saturated heterocycles. The Hall–Kier alpha value is -2.86. The van der Waals surface area contributed by atoms with E-state index in [-0.39, 0.29) is 5.91 Å². The van der Waals surface area contributed by atoms with E-state index in [0.29, 0.717) is 29.5 Å². The number of likely N-dealkylation sites (N-methyl/N-ethyl adjacent to an activating group) is 1. The second-order valence-electron chi connectivity index (χ2n) is 5.39. The Balaban J connectivity index is 1.56. The number of carbonyl (C=O) groups is 1. The van der Waals surface area contributed by atoms with Gasteiger partial charge in [-0.1, -0.05) is 23.7 Å². The second-order valence-corrected chi connectivity index (χ2v) is 5.80. The maximum Gasteiger partial charge on any atom is 0.253 e. The molecule has 0 fully saturated rings. The summed E-state index contributed by atoms with van der Waals surface area (Å²) in [6.45, 7) is 0.817. The average Bonchev–Trinajstić information content (AvgIpc) is 3.17. The molecule has 0 spiro atoms. The van der Waals surface area contributed by atoms with Gasteiger partial charge in [-0.2, -0.15) is 5.10 Å². The van der Waals surface area contributed by atoms with E-state index < -0.39 is 0 Å². The van der Waals surface area contributed by atoms with Crippen LogP contribution in [-0.2, 0) is 0 Å². The lowest BCUT2D eigenvalue weighted by atomic mass is 10.2.